The Morgan fingerprint density at radius 1 is 0.667 bits per heavy atom. The van der Waals surface area contributed by atoms with Gasteiger partial charge in [0.15, 0.2) is 0 Å². The highest BCUT2D eigenvalue weighted by Gasteiger charge is 2.17. The first-order chi connectivity index (χ1) is 17.5. The van der Waals surface area contributed by atoms with Crippen LogP contribution in [0.4, 0.5) is 0 Å². The average Bonchev–Trinajstić information content (AvgIpc) is 3.22. The van der Waals surface area contributed by atoms with Crippen molar-refractivity contribution in [2.45, 2.75) is 20.8 Å². The van der Waals surface area contributed by atoms with Crippen molar-refractivity contribution in [3.63, 3.8) is 0 Å². The van der Waals surface area contributed by atoms with E-state index in [1.807, 2.05) is 18.2 Å². The fourth-order valence-electron chi connectivity index (χ4n) is 5.34. The van der Waals surface area contributed by atoms with E-state index in [1.54, 1.807) is 12.4 Å². The van der Waals surface area contributed by atoms with Gasteiger partial charge in [0.25, 0.3) is 0 Å². The Morgan fingerprint density at radius 3 is 2.22 bits per heavy atom. The van der Waals surface area contributed by atoms with Crippen LogP contribution in [0.5, 0.6) is 0 Å². The molecule has 0 spiro atoms. The first-order valence-corrected chi connectivity index (χ1v) is 12.1. The molecular formula is C33H25N3. The van der Waals surface area contributed by atoms with Gasteiger partial charge in [-0.05, 0) is 90.6 Å². The van der Waals surface area contributed by atoms with Crippen molar-refractivity contribution in [3.05, 3.63) is 120 Å². The van der Waals surface area contributed by atoms with Crippen LogP contribution in [-0.4, -0.2) is 9.55 Å². The molecule has 0 bridgehead atoms. The average molecular weight is 464 g/mol. The van der Waals surface area contributed by atoms with Gasteiger partial charge >= 0.3 is 0 Å². The molecule has 3 heteroatoms. The molecule has 2 heterocycles. The minimum Gasteiger partial charge on any atom is -0.309 e. The maximum atomic E-state index is 10.1. The van der Waals surface area contributed by atoms with E-state index in [2.05, 4.69) is 103 Å². The van der Waals surface area contributed by atoms with E-state index in [4.69, 9.17) is 0 Å². The van der Waals surface area contributed by atoms with E-state index in [9.17, 15) is 5.26 Å². The zero-order valence-electron chi connectivity index (χ0n) is 20.6. The lowest BCUT2D eigenvalue weighted by atomic mass is 9.97. The van der Waals surface area contributed by atoms with Gasteiger partial charge in [-0.1, -0.05) is 54.1 Å². The molecule has 0 saturated carbocycles. The van der Waals surface area contributed by atoms with Gasteiger partial charge in [-0.3, -0.25) is 4.98 Å². The molecule has 0 N–H and O–H groups in total. The van der Waals surface area contributed by atoms with E-state index in [-0.39, 0.29) is 0 Å². The number of hydrogen-bond donors (Lipinski definition) is 0. The minimum absolute atomic E-state index is 0.651. The fraction of sp³-hybridized carbons (Fsp3) is 0.0909. The predicted molar refractivity (Wildman–Crippen MR) is 148 cm³/mol. The Morgan fingerprint density at radius 2 is 1.44 bits per heavy atom. The number of hydrogen-bond acceptors (Lipinski definition) is 2. The monoisotopic (exact) mass is 463 g/mol. The Hall–Kier alpha value is -4.68. The molecule has 0 atom stereocenters. The van der Waals surface area contributed by atoms with Gasteiger partial charge in [0, 0.05) is 23.2 Å². The van der Waals surface area contributed by atoms with E-state index in [0.29, 0.717) is 5.56 Å². The van der Waals surface area contributed by atoms with Crippen molar-refractivity contribution in [3.8, 4) is 34.0 Å². The number of aromatic nitrogens is 2. The summed E-state index contributed by atoms with van der Waals surface area (Å²) in [6, 6.07) is 32.3. The van der Waals surface area contributed by atoms with E-state index >= 15 is 0 Å². The summed E-state index contributed by atoms with van der Waals surface area (Å²) in [5.41, 5.74) is 11.9. The van der Waals surface area contributed by atoms with Gasteiger partial charge in [0.05, 0.1) is 28.4 Å². The quantitative estimate of drug-likeness (QED) is 0.265. The van der Waals surface area contributed by atoms with Crippen molar-refractivity contribution in [1.29, 1.82) is 5.26 Å². The Balaban J connectivity index is 1.65. The van der Waals surface area contributed by atoms with Gasteiger partial charge in [-0.25, -0.2) is 0 Å². The lowest BCUT2D eigenvalue weighted by Crippen LogP contribution is -2.00. The molecule has 36 heavy (non-hydrogen) atoms. The number of benzene rings is 4. The molecule has 6 aromatic rings. The number of nitrogens with zero attached hydrogens (tertiary/aromatic N) is 3. The topological polar surface area (TPSA) is 41.6 Å². The summed E-state index contributed by atoms with van der Waals surface area (Å²) in [6.07, 6.45) is 3.53. The summed E-state index contributed by atoms with van der Waals surface area (Å²) in [4.78, 5) is 4.13. The summed E-state index contributed by atoms with van der Waals surface area (Å²) >= 11 is 0. The molecule has 3 nitrogen and oxygen atoms in total. The normalized spacial score (nSPS) is 11.2. The number of rotatable bonds is 3. The summed E-state index contributed by atoms with van der Waals surface area (Å²) < 4.78 is 2.31. The van der Waals surface area contributed by atoms with Gasteiger partial charge in [0.1, 0.15) is 0 Å². The van der Waals surface area contributed by atoms with Gasteiger partial charge in [0.2, 0.25) is 0 Å². The SMILES string of the molecule is Cc1ccc(-c2ccc3c4ccccc4n(-c4cc(C#N)c(-c5ccncc5)cc4C)c3c2)c(C)c1. The lowest BCUT2D eigenvalue weighted by molar-refractivity contribution is 1.15. The van der Waals surface area contributed by atoms with E-state index < -0.39 is 0 Å². The van der Waals surface area contributed by atoms with Gasteiger partial charge in [-0.15, -0.1) is 0 Å². The summed E-state index contributed by atoms with van der Waals surface area (Å²) in [5.74, 6) is 0. The lowest BCUT2D eigenvalue weighted by Gasteiger charge is -2.15. The smallest absolute Gasteiger partial charge is 0.0998 e. The number of pyridine rings is 1. The Kier molecular flexibility index (Phi) is 5.16. The van der Waals surface area contributed by atoms with Crippen LogP contribution in [0.2, 0.25) is 0 Å². The molecular weight excluding hydrogens is 438 g/mol. The first kappa shape index (κ1) is 21.8. The zero-order chi connectivity index (χ0) is 24.8. The molecule has 0 radical (unpaired) electrons. The molecule has 172 valence electrons. The van der Waals surface area contributed by atoms with E-state index in [1.165, 1.54) is 33.0 Å². The van der Waals surface area contributed by atoms with Crippen LogP contribution in [0.25, 0.3) is 49.7 Å². The van der Waals surface area contributed by atoms with Gasteiger partial charge < -0.3 is 4.57 Å². The second kappa shape index (κ2) is 8.52. The second-order valence-electron chi connectivity index (χ2n) is 9.43. The molecule has 0 aliphatic rings. The molecule has 0 unspecified atom stereocenters. The molecule has 4 aromatic carbocycles. The fourth-order valence-corrected chi connectivity index (χ4v) is 5.34. The van der Waals surface area contributed by atoms with Crippen LogP contribution >= 0.6 is 0 Å². The third kappa shape index (κ3) is 3.47. The largest absolute Gasteiger partial charge is 0.309 e. The Bertz CT molecular complexity index is 1820. The maximum Gasteiger partial charge on any atom is 0.0998 e. The van der Waals surface area contributed by atoms with Crippen LogP contribution < -0.4 is 0 Å². The van der Waals surface area contributed by atoms with Crippen LogP contribution in [0.1, 0.15) is 22.3 Å². The highest BCUT2D eigenvalue weighted by molar-refractivity contribution is 6.10. The number of aryl methyl sites for hydroxylation is 3. The van der Waals surface area contributed by atoms with Crippen molar-refractivity contribution in [2.75, 3.05) is 0 Å². The van der Waals surface area contributed by atoms with Crippen molar-refractivity contribution >= 4 is 21.8 Å². The molecule has 0 fully saturated rings. The molecule has 0 saturated heterocycles. The summed E-state index contributed by atoms with van der Waals surface area (Å²) in [6.45, 7) is 6.42. The van der Waals surface area contributed by atoms with Crippen LogP contribution in [0, 0.1) is 32.1 Å². The van der Waals surface area contributed by atoms with Crippen LogP contribution in [-0.2, 0) is 0 Å². The molecule has 2 aromatic heterocycles. The van der Waals surface area contributed by atoms with Crippen molar-refractivity contribution in [1.82, 2.24) is 9.55 Å². The number of para-hydroxylation sites is 1. The van der Waals surface area contributed by atoms with Gasteiger partial charge in [-0.2, -0.15) is 5.26 Å². The summed E-state index contributed by atoms with van der Waals surface area (Å²) in [5, 5.41) is 12.5. The third-order valence-electron chi connectivity index (χ3n) is 7.06. The molecule has 0 amide bonds. The second-order valence-corrected chi connectivity index (χ2v) is 9.43. The molecule has 0 aliphatic heterocycles. The standard InChI is InChI=1S/C33H25N3/c1-21-8-10-27(22(2)16-21)25-9-11-29-28-6-4-5-7-31(28)36(33(29)18-25)32-19-26(20-34)30(17-23(32)3)24-12-14-35-15-13-24/h4-19H,1-3H3. The molecule has 0 aliphatic carbocycles. The van der Waals surface area contributed by atoms with Crippen molar-refractivity contribution in [2.24, 2.45) is 0 Å². The highest BCUT2D eigenvalue weighted by atomic mass is 15.0. The highest BCUT2D eigenvalue weighted by Crippen LogP contribution is 2.37. The van der Waals surface area contributed by atoms with Crippen LogP contribution in [0.15, 0.2) is 97.3 Å². The number of nitriles is 1. The minimum atomic E-state index is 0.651. The van der Waals surface area contributed by atoms with E-state index in [0.717, 1.165) is 33.4 Å². The van der Waals surface area contributed by atoms with Crippen molar-refractivity contribution < 1.29 is 0 Å². The maximum absolute atomic E-state index is 10.1. The zero-order valence-corrected chi connectivity index (χ0v) is 20.6. The number of fused-ring (bicyclic) bond motifs is 3. The predicted octanol–water partition coefficient (Wildman–Crippen LogP) is 8.31. The molecule has 6 rings (SSSR count). The first-order valence-electron chi connectivity index (χ1n) is 12.1. The Labute approximate surface area is 210 Å². The van der Waals surface area contributed by atoms with Crippen LogP contribution in [0.3, 0.4) is 0 Å². The third-order valence-corrected chi connectivity index (χ3v) is 7.06. The summed E-state index contributed by atoms with van der Waals surface area (Å²) in [7, 11) is 0.